The number of rotatable bonds is 4. The Balaban J connectivity index is 2.03. The van der Waals surface area contributed by atoms with Crippen LogP contribution in [-0.4, -0.2) is 22.5 Å². The Morgan fingerprint density at radius 1 is 1.30 bits per heavy atom. The fourth-order valence-corrected chi connectivity index (χ4v) is 2.48. The highest BCUT2D eigenvalue weighted by Gasteiger charge is 2.42. The Hall–Kier alpha value is -2.30. The second-order valence-electron chi connectivity index (χ2n) is 5.09. The van der Waals surface area contributed by atoms with Gasteiger partial charge in [0, 0.05) is 11.8 Å². The Morgan fingerprint density at radius 3 is 2.60 bits per heavy atom. The lowest BCUT2D eigenvalue weighted by Gasteiger charge is -2.24. The molecule has 0 bridgehead atoms. The fourth-order valence-electron chi connectivity index (χ4n) is 2.48. The first-order chi connectivity index (χ1) is 9.52. The summed E-state index contributed by atoms with van der Waals surface area (Å²) in [6, 6.07) is 7.12. The van der Waals surface area contributed by atoms with Gasteiger partial charge in [0.1, 0.15) is 5.54 Å². The summed E-state index contributed by atoms with van der Waals surface area (Å²) in [7, 11) is 0. The summed E-state index contributed by atoms with van der Waals surface area (Å²) < 4.78 is 0. The number of carbonyl (C=O) groups excluding carboxylic acids is 1. The molecule has 1 aromatic carbocycles. The van der Waals surface area contributed by atoms with Crippen molar-refractivity contribution in [1.29, 1.82) is 0 Å². The Morgan fingerprint density at radius 2 is 2.00 bits per heavy atom. The molecule has 0 atom stereocenters. The number of amides is 1. The maximum absolute atomic E-state index is 11.9. The van der Waals surface area contributed by atoms with Crippen LogP contribution in [0.25, 0.3) is 6.08 Å². The summed E-state index contributed by atoms with van der Waals surface area (Å²) in [5.41, 5.74) is 5.96. The van der Waals surface area contributed by atoms with Crippen LogP contribution >= 0.6 is 0 Å². The molecule has 5 heteroatoms. The monoisotopic (exact) mass is 274 g/mol. The molecular weight excluding hydrogens is 256 g/mol. The third-order valence-electron chi connectivity index (χ3n) is 3.57. The van der Waals surface area contributed by atoms with Gasteiger partial charge < -0.3 is 16.2 Å². The van der Waals surface area contributed by atoms with E-state index in [0.717, 1.165) is 18.4 Å². The van der Waals surface area contributed by atoms with Crippen molar-refractivity contribution in [2.45, 2.75) is 31.2 Å². The molecule has 20 heavy (non-hydrogen) atoms. The van der Waals surface area contributed by atoms with Crippen LogP contribution in [0.3, 0.4) is 0 Å². The van der Waals surface area contributed by atoms with Crippen molar-refractivity contribution < 1.29 is 14.7 Å². The van der Waals surface area contributed by atoms with Crippen molar-refractivity contribution in [2.75, 3.05) is 5.73 Å². The van der Waals surface area contributed by atoms with E-state index < -0.39 is 17.4 Å². The summed E-state index contributed by atoms with van der Waals surface area (Å²) in [5, 5.41) is 11.9. The Bertz CT molecular complexity index is 546. The molecule has 0 spiro atoms. The molecule has 0 heterocycles. The second kappa shape index (κ2) is 5.77. The van der Waals surface area contributed by atoms with Crippen LogP contribution in [0.1, 0.15) is 31.2 Å². The number of aliphatic carboxylic acids is 1. The van der Waals surface area contributed by atoms with Crippen LogP contribution in [0.2, 0.25) is 0 Å². The van der Waals surface area contributed by atoms with Crippen molar-refractivity contribution in [3.8, 4) is 0 Å². The van der Waals surface area contributed by atoms with Gasteiger partial charge in [0.15, 0.2) is 0 Å². The lowest BCUT2D eigenvalue weighted by atomic mass is 9.98. The fraction of sp³-hybridized carbons (Fsp3) is 0.333. The average Bonchev–Trinajstić information content (AvgIpc) is 2.86. The van der Waals surface area contributed by atoms with Crippen molar-refractivity contribution in [1.82, 2.24) is 5.32 Å². The highest BCUT2D eigenvalue weighted by Crippen LogP contribution is 2.29. The molecule has 4 N–H and O–H groups in total. The Kier molecular flexibility index (Phi) is 4.08. The molecule has 1 fully saturated rings. The number of benzene rings is 1. The molecule has 0 aliphatic heterocycles. The quantitative estimate of drug-likeness (QED) is 0.576. The number of hydrogen-bond donors (Lipinski definition) is 3. The molecular formula is C15H18N2O3. The topological polar surface area (TPSA) is 92.4 Å². The van der Waals surface area contributed by atoms with Crippen LogP contribution in [0.5, 0.6) is 0 Å². The molecule has 0 unspecified atom stereocenters. The van der Waals surface area contributed by atoms with E-state index in [1.165, 1.54) is 6.08 Å². The van der Waals surface area contributed by atoms with Crippen LogP contribution in [0, 0.1) is 0 Å². The van der Waals surface area contributed by atoms with E-state index in [2.05, 4.69) is 5.32 Å². The van der Waals surface area contributed by atoms with Gasteiger partial charge in [-0.2, -0.15) is 0 Å². The number of carboxylic acid groups (broad SMARTS) is 1. The van der Waals surface area contributed by atoms with Gasteiger partial charge in [0.25, 0.3) is 0 Å². The third-order valence-corrected chi connectivity index (χ3v) is 3.57. The molecule has 1 aliphatic carbocycles. The van der Waals surface area contributed by atoms with E-state index in [1.54, 1.807) is 24.3 Å². The van der Waals surface area contributed by atoms with E-state index in [9.17, 15) is 14.7 Å². The van der Waals surface area contributed by atoms with Gasteiger partial charge in [-0.25, -0.2) is 4.79 Å². The van der Waals surface area contributed by atoms with E-state index in [4.69, 9.17) is 5.73 Å². The molecule has 106 valence electrons. The molecule has 0 radical (unpaired) electrons. The molecule has 0 saturated heterocycles. The van der Waals surface area contributed by atoms with Gasteiger partial charge in [0.05, 0.1) is 0 Å². The zero-order chi connectivity index (χ0) is 14.6. The minimum Gasteiger partial charge on any atom is -0.480 e. The second-order valence-corrected chi connectivity index (χ2v) is 5.09. The van der Waals surface area contributed by atoms with Crippen LogP contribution in [0.15, 0.2) is 30.3 Å². The number of nitrogen functional groups attached to an aromatic ring is 1. The summed E-state index contributed by atoms with van der Waals surface area (Å²) in [6.45, 7) is 0. The first kappa shape index (κ1) is 14.1. The molecule has 1 aliphatic rings. The van der Waals surface area contributed by atoms with E-state index >= 15 is 0 Å². The third kappa shape index (κ3) is 3.17. The molecule has 2 rings (SSSR count). The zero-order valence-corrected chi connectivity index (χ0v) is 11.1. The van der Waals surface area contributed by atoms with Gasteiger partial charge >= 0.3 is 5.97 Å². The molecule has 1 amide bonds. The van der Waals surface area contributed by atoms with Crippen LogP contribution in [0.4, 0.5) is 5.69 Å². The molecule has 5 nitrogen and oxygen atoms in total. The van der Waals surface area contributed by atoms with Crippen molar-refractivity contribution in [3.05, 3.63) is 35.9 Å². The highest BCUT2D eigenvalue weighted by atomic mass is 16.4. The average molecular weight is 274 g/mol. The van der Waals surface area contributed by atoms with E-state index in [-0.39, 0.29) is 0 Å². The maximum atomic E-state index is 11.9. The first-order valence-electron chi connectivity index (χ1n) is 6.61. The smallest absolute Gasteiger partial charge is 0.329 e. The summed E-state index contributed by atoms with van der Waals surface area (Å²) in [4.78, 5) is 23.2. The summed E-state index contributed by atoms with van der Waals surface area (Å²) in [5.74, 6) is -1.35. The van der Waals surface area contributed by atoms with Gasteiger partial charge in [-0.05, 0) is 36.6 Å². The zero-order valence-electron chi connectivity index (χ0n) is 11.1. The molecule has 1 saturated carbocycles. The maximum Gasteiger partial charge on any atom is 0.329 e. The van der Waals surface area contributed by atoms with Crippen LogP contribution < -0.4 is 11.1 Å². The minimum absolute atomic E-state index is 0.392. The first-order valence-corrected chi connectivity index (χ1v) is 6.61. The lowest BCUT2D eigenvalue weighted by molar-refractivity contribution is -0.146. The summed E-state index contributed by atoms with van der Waals surface area (Å²) in [6.07, 6.45) is 5.59. The Labute approximate surface area is 117 Å². The molecule has 0 aromatic heterocycles. The largest absolute Gasteiger partial charge is 0.480 e. The lowest BCUT2D eigenvalue weighted by Crippen LogP contribution is -2.52. The van der Waals surface area contributed by atoms with Gasteiger partial charge in [-0.1, -0.05) is 25.0 Å². The van der Waals surface area contributed by atoms with Crippen molar-refractivity contribution >= 4 is 23.6 Å². The standard InChI is InChI=1S/C15H18N2O3/c16-12-5-3-4-11(10-12)6-7-13(18)17-15(14(19)20)8-1-2-9-15/h3-7,10H,1-2,8-9,16H2,(H,17,18)(H,19,20)/b7-6+. The normalized spacial score (nSPS) is 17.2. The van der Waals surface area contributed by atoms with Gasteiger partial charge in [-0.15, -0.1) is 0 Å². The molecule has 1 aromatic rings. The number of anilines is 1. The number of nitrogens with one attached hydrogen (secondary N) is 1. The van der Waals surface area contributed by atoms with Gasteiger partial charge in [-0.3, -0.25) is 4.79 Å². The van der Waals surface area contributed by atoms with Gasteiger partial charge in [0.2, 0.25) is 5.91 Å². The van der Waals surface area contributed by atoms with E-state index in [1.807, 2.05) is 6.07 Å². The number of carbonyl (C=O) groups is 2. The summed E-state index contributed by atoms with van der Waals surface area (Å²) >= 11 is 0. The SMILES string of the molecule is Nc1cccc(/C=C/C(=O)NC2(C(=O)O)CCCC2)c1. The van der Waals surface area contributed by atoms with Crippen molar-refractivity contribution in [3.63, 3.8) is 0 Å². The minimum atomic E-state index is -1.10. The van der Waals surface area contributed by atoms with E-state index in [0.29, 0.717) is 18.5 Å². The number of carboxylic acids is 1. The number of nitrogens with two attached hydrogens (primary N) is 1. The van der Waals surface area contributed by atoms with Crippen LogP contribution in [-0.2, 0) is 9.59 Å². The predicted molar refractivity (Wildman–Crippen MR) is 76.9 cm³/mol. The van der Waals surface area contributed by atoms with Crippen molar-refractivity contribution in [2.24, 2.45) is 0 Å². The highest BCUT2D eigenvalue weighted by molar-refractivity contribution is 5.96. The predicted octanol–water partition coefficient (Wildman–Crippen LogP) is 1.80. The number of hydrogen-bond acceptors (Lipinski definition) is 3.